The summed E-state index contributed by atoms with van der Waals surface area (Å²) in [6, 6.07) is 7.70. The maximum atomic E-state index is 11.7. The lowest BCUT2D eigenvalue weighted by atomic mass is 10.1. The minimum Gasteiger partial charge on any atom is -0.385 e. The molecule has 0 N–H and O–H groups in total. The number of nitrogens with zero attached hydrogens (tertiary/aromatic N) is 1. The van der Waals surface area contributed by atoms with Gasteiger partial charge in [0.25, 0.3) is 0 Å². The van der Waals surface area contributed by atoms with Gasteiger partial charge in [0.2, 0.25) is 0 Å². The molecule has 0 heterocycles. The molecular weight excluding hydrogens is 242 g/mol. The lowest BCUT2D eigenvalue weighted by molar-refractivity contribution is 0.101. The van der Waals surface area contributed by atoms with E-state index in [2.05, 4.69) is 4.90 Å². The van der Waals surface area contributed by atoms with Crippen LogP contribution in [0.4, 0.5) is 5.69 Å². The number of carbonyl (C=O) groups is 1. The Morgan fingerprint density at radius 3 is 2.42 bits per heavy atom. The van der Waals surface area contributed by atoms with Crippen molar-refractivity contribution in [3.05, 3.63) is 29.8 Å². The van der Waals surface area contributed by atoms with Crippen molar-refractivity contribution in [2.75, 3.05) is 45.4 Å². The zero-order valence-corrected chi connectivity index (χ0v) is 12.0. The van der Waals surface area contributed by atoms with Crippen LogP contribution in [-0.4, -0.2) is 46.3 Å². The van der Waals surface area contributed by atoms with Crippen LogP contribution in [0.15, 0.2) is 24.3 Å². The van der Waals surface area contributed by atoms with E-state index < -0.39 is 0 Å². The number of rotatable bonds is 9. The van der Waals surface area contributed by atoms with Gasteiger partial charge < -0.3 is 14.4 Å². The fourth-order valence-electron chi connectivity index (χ4n) is 2.00. The molecule has 0 saturated heterocycles. The van der Waals surface area contributed by atoms with Gasteiger partial charge in [-0.2, -0.15) is 0 Å². The van der Waals surface area contributed by atoms with Crippen LogP contribution in [0.5, 0.6) is 0 Å². The Bertz CT molecular complexity index is 393. The first-order valence-corrected chi connectivity index (χ1v) is 6.53. The summed E-state index contributed by atoms with van der Waals surface area (Å²) >= 11 is 0. The summed E-state index contributed by atoms with van der Waals surface area (Å²) in [4.78, 5) is 13.9. The van der Waals surface area contributed by atoms with Gasteiger partial charge in [-0.15, -0.1) is 0 Å². The molecule has 19 heavy (non-hydrogen) atoms. The Balaban J connectivity index is 2.85. The molecule has 4 heteroatoms. The molecule has 0 atom stereocenters. The van der Waals surface area contributed by atoms with Gasteiger partial charge in [-0.05, 0) is 25.5 Å². The van der Waals surface area contributed by atoms with E-state index in [0.29, 0.717) is 13.2 Å². The predicted octanol–water partition coefficient (Wildman–Crippen LogP) is 2.38. The first kappa shape index (κ1) is 15.7. The van der Waals surface area contributed by atoms with E-state index in [4.69, 9.17) is 9.47 Å². The predicted molar refractivity (Wildman–Crippen MR) is 77.0 cm³/mol. The Labute approximate surface area is 115 Å². The SMILES string of the molecule is COCCCN(CCOC)c1ccccc1C(C)=O. The highest BCUT2D eigenvalue weighted by Gasteiger charge is 2.13. The molecule has 1 rings (SSSR count). The maximum Gasteiger partial charge on any atom is 0.161 e. The standard InChI is InChI=1S/C15H23NO3/c1-13(17)14-7-4-5-8-15(14)16(10-12-19-3)9-6-11-18-2/h4-5,7-8H,6,9-12H2,1-3H3. The summed E-state index contributed by atoms with van der Waals surface area (Å²) in [6.07, 6.45) is 0.923. The molecule has 0 saturated carbocycles. The van der Waals surface area contributed by atoms with E-state index in [1.807, 2.05) is 24.3 Å². The molecule has 0 aliphatic carbocycles. The van der Waals surface area contributed by atoms with Crippen molar-refractivity contribution in [1.82, 2.24) is 0 Å². The van der Waals surface area contributed by atoms with Gasteiger partial charge in [-0.1, -0.05) is 12.1 Å². The molecule has 0 aliphatic rings. The number of hydrogen-bond donors (Lipinski definition) is 0. The number of methoxy groups -OCH3 is 2. The lowest BCUT2D eigenvalue weighted by Crippen LogP contribution is -2.30. The first-order valence-electron chi connectivity index (χ1n) is 6.53. The molecule has 0 bridgehead atoms. The van der Waals surface area contributed by atoms with Crippen LogP contribution in [0, 0.1) is 0 Å². The van der Waals surface area contributed by atoms with Gasteiger partial charge in [-0.3, -0.25) is 4.79 Å². The van der Waals surface area contributed by atoms with Gasteiger partial charge in [-0.25, -0.2) is 0 Å². The summed E-state index contributed by atoms with van der Waals surface area (Å²) < 4.78 is 10.2. The Morgan fingerprint density at radius 2 is 1.79 bits per heavy atom. The average Bonchev–Trinajstić information content (AvgIpc) is 2.42. The Hall–Kier alpha value is -1.39. The van der Waals surface area contributed by atoms with Crippen LogP contribution in [0.3, 0.4) is 0 Å². The van der Waals surface area contributed by atoms with Gasteiger partial charge in [0.1, 0.15) is 0 Å². The zero-order chi connectivity index (χ0) is 14.1. The van der Waals surface area contributed by atoms with Gasteiger partial charge in [0.15, 0.2) is 5.78 Å². The largest absolute Gasteiger partial charge is 0.385 e. The number of ketones is 1. The van der Waals surface area contributed by atoms with Crippen molar-refractivity contribution in [2.45, 2.75) is 13.3 Å². The third-order valence-electron chi connectivity index (χ3n) is 2.97. The quantitative estimate of drug-likeness (QED) is 0.507. The summed E-state index contributed by atoms with van der Waals surface area (Å²) in [5.74, 6) is 0.0877. The molecule has 0 radical (unpaired) electrons. The first-order chi connectivity index (χ1) is 9.20. The van der Waals surface area contributed by atoms with Gasteiger partial charge >= 0.3 is 0 Å². The maximum absolute atomic E-state index is 11.7. The number of hydrogen-bond acceptors (Lipinski definition) is 4. The van der Waals surface area contributed by atoms with Crippen molar-refractivity contribution in [1.29, 1.82) is 0 Å². The van der Waals surface area contributed by atoms with Crippen LogP contribution in [0.1, 0.15) is 23.7 Å². The van der Waals surface area contributed by atoms with E-state index in [9.17, 15) is 4.79 Å². The van der Waals surface area contributed by atoms with Crippen LogP contribution < -0.4 is 4.90 Å². The highest BCUT2D eigenvalue weighted by atomic mass is 16.5. The average molecular weight is 265 g/mol. The second-order valence-electron chi connectivity index (χ2n) is 4.40. The van der Waals surface area contributed by atoms with Crippen molar-refractivity contribution >= 4 is 11.5 Å². The van der Waals surface area contributed by atoms with Crippen molar-refractivity contribution in [3.63, 3.8) is 0 Å². The van der Waals surface area contributed by atoms with Gasteiger partial charge in [0, 0.05) is 45.2 Å². The van der Waals surface area contributed by atoms with Gasteiger partial charge in [0.05, 0.1) is 6.61 Å². The number of benzene rings is 1. The summed E-state index contributed by atoms with van der Waals surface area (Å²) in [5, 5.41) is 0. The normalized spacial score (nSPS) is 10.5. The minimum absolute atomic E-state index is 0.0877. The summed E-state index contributed by atoms with van der Waals surface area (Å²) in [6.45, 7) is 4.57. The second kappa shape index (κ2) is 8.67. The van der Waals surface area contributed by atoms with Crippen molar-refractivity contribution < 1.29 is 14.3 Å². The molecule has 1 aromatic rings. The zero-order valence-electron chi connectivity index (χ0n) is 12.0. The third kappa shape index (κ3) is 5.01. The summed E-state index contributed by atoms with van der Waals surface area (Å²) in [5.41, 5.74) is 1.74. The van der Waals surface area contributed by atoms with Crippen molar-refractivity contribution in [2.24, 2.45) is 0 Å². The van der Waals surface area contributed by atoms with E-state index in [1.54, 1.807) is 21.1 Å². The molecule has 0 aromatic heterocycles. The number of Topliss-reactive ketones (excluding diaryl/α,β-unsaturated/α-hetero) is 1. The van der Waals surface area contributed by atoms with Crippen LogP contribution in [0.2, 0.25) is 0 Å². The number of ether oxygens (including phenoxy) is 2. The lowest BCUT2D eigenvalue weighted by Gasteiger charge is -2.26. The number of para-hydroxylation sites is 1. The van der Waals surface area contributed by atoms with Crippen LogP contribution >= 0.6 is 0 Å². The molecule has 0 unspecified atom stereocenters. The Morgan fingerprint density at radius 1 is 1.11 bits per heavy atom. The Kier molecular flexibility index (Phi) is 7.15. The molecule has 0 aliphatic heterocycles. The number of anilines is 1. The topological polar surface area (TPSA) is 38.8 Å². The smallest absolute Gasteiger partial charge is 0.161 e. The molecule has 1 aromatic carbocycles. The van der Waals surface area contributed by atoms with Crippen LogP contribution in [0.25, 0.3) is 0 Å². The number of carbonyl (C=O) groups excluding carboxylic acids is 1. The second-order valence-corrected chi connectivity index (χ2v) is 4.40. The molecule has 0 amide bonds. The van der Waals surface area contributed by atoms with E-state index >= 15 is 0 Å². The van der Waals surface area contributed by atoms with E-state index in [-0.39, 0.29) is 5.78 Å². The minimum atomic E-state index is 0.0877. The molecular formula is C15H23NO3. The fraction of sp³-hybridized carbons (Fsp3) is 0.533. The molecule has 0 fully saturated rings. The third-order valence-corrected chi connectivity index (χ3v) is 2.97. The highest BCUT2D eigenvalue weighted by molar-refractivity contribution is 5.99. The van der Waals surface area contributed by atoms with E-state index in [1.165, 1.54) is 0 Å². The molecule has 0 spiro atoms. The highest BCUT2D eigenvalue weighted by Crippen LogP contribution is 2.21. The van der Waals surface area contributed by atoms with Crippen molar-refractivity contribution in [3.8, 4) is 0 Å². The van der Waals surface area contributed by atoms with Crippen LogP contribution in [-0.2, 0) is 9.47 Å². The monoisotopic (exact) mass is 265 g/mol. The molecule has 4 nitrogen and oxygen atoms in total. The van der Waals surface area contributed by atoms with E-state index in [0.717, 1.165) is 30.8 Å². The molecule has 106 valence electrons. The summed E-state index contributed by atoms with van der Waals surface area (Å²) in [7, 11) is 3.38. The fourth-order valence-corrected chi connectivity index (χ4v) is 2.00.